The maximum atomic E-state index is 12.4. The number of carbonyl (C=O) groups is 2. The Morgan fingerprint density at radius 1 is 1.24 bits per heavy atom. The number of hydrogen-bond acceptors (Lipinski definition) is 3. The summed E-state index contributed by atoms with van der Waals surface area (Å²) in [7, 11) is 0. The molecule has 5 nitrogen and oxygen atoms in total. The van der Waals surface area contributed by atoms with Crippen molar-refractivity contribution in [1.29, 1.82) is 0 Å². The Labute approximate surface area is 127 Å². The minimum Gasteiger partial charge on any atom is -0.508 e. The average Bonchev–Trinajstić information content (AvgIpc) is 2.41. The molecule has 0 bridgehead atoms. The van der Waals surface area contributed by atoms with Gasteiger partial charge in [0.2, 0.25) is 0 Å². The van der Waals surface area contributed by atoms with E-state index in [0.717, 1.165) is 19.3 Å². The van der Waals surface area contributed by atoms with Gasteiger partial charge < -0.3 is 15.5 Å². The Morgan fingerprint density at radius 3 is 2.52 bits per heavy atom. The number of aromatic hydroxyl groups is 1. The molecule has 0 radical (unpaired) electrons. The second kappa shape index (κ2) is 6.35. The molecule has 1 saturated carbocycles. The zero-order valence-corrected chi connectivity index (χ0v) is 12.3. The molecule has 1 aliphatic carbocycles. The molecule has 0 spiro atoms. The minimum absolute atomic E-state index is 0.0551. The van der Waals surface area contributed by atoms with Crippen molar-refractivity contribution in [3.63, 3.8) is 0 Å². The summed E-state index contributed by atoms with van der Waals surface area (Å²) >= 11 is 5.97. The van der Waals surface area contributed by atoms with Gasteiger partial charge in [0.15, 0.2) is 0 Å². The second-order valence-electron chi connectivity index (χ2n) is 5.53. The van der Waals surface area contributed by atoms with Gasteiger partial charge in [0.05, 0.1) is 22.5 Å². The van der Waals surface area contributed by atoms with Crippen LogP contribution in [0.25, 0.3) is 0 Å². The van der Waals surface area contributed by atoms with Crippen LogP contribution in [0.1, 0.15) is 48.9 Å². The van der Waals surface area contributed by atoms with Crippen LogP contribution in [0.2, 0.25) is 5.02 Å². The van der Waals surface area contributed by atoms with Crippen LogP contribution >= 0.6 is 11.6 Å². The number of phenols is 1. The predicted octanol–water partition coefficient (Wildman–Crippen LogP) is 2.95. The highest BCUT2D eigenvalue weighted by Gasteiger charge is 2.36. The van der Waals surface area contributed by atoms with Gasteiger partial charge in [-0.2, -0.15) is 0 Å². The summed E-state index contributed by atoms with van der Waals surface area (Å²) in [5.74, 6) is -1.43. The molecule has 2 rings (SSSR count). The molecule has 21 heavy (non-hydrogen) atoms. The quantitative estimate of drug-likeness (QED) is 0.798. The zero-order valence-electron chi connectivity index (χ0n) is 11.6. The van der Waals surface area contributed by atoms with E-state index in [4.69, 9.17) is 16.7 Å². The summed E-state index contributed by atoms with van der Waals surface area (Å²) in [6.07, 6.45) is 4.00. The van der Waals surface area contributed by atoms with E-state index in [1.54, 1.807) is 0 Å². The van der Waals surface area contributed by atoms with Crippen molar-refractivity contribution in [2.24, 2.45) is 0 Å². The molecular weight excluding hydrogens is 294 g/mol. The van der Waals surface area contributed by atoms with Crippen molar-refractivity contribution in [3.05, 3.63) is 28.8 Å². The Kier molecular flexibility index (Phi) is 4.73. The minimum atomic E-state index is -0.931. The van der Waals surface area contributed by atoms with Gasteiger partial charge in [0, 0.05) is 0 Å². The number of amides is 1. The smallest absolute Gasteiger partial charge is 0.305 e. The molecule has 1 amide bonds. The fourth-order valence-corrected chi connectivity index (χ4v) is 3.06. The molecular formula is C15H18ClNO4. The molecule has 0 heterocycles. The summed E-state index contributed by atoms with van der Waals surface area (Å²) in [5, 5.41) is 21.6. The van der Waals surface area contributed by atoms with Crippen LogP contribution in [0.15, 0.2) is 18.2 Å². The van der Waals surface area contributed by atoms with Crippen LogP contribution in [0.4, 0.5) is 0 Å². The molecule has 0 saturated heterocycles. The average molecular weight is 312 g/mol. The maximum Gasteiger partial charge on any atom is 0.305 e. The summed E-state index contributed by atoms with van der Waals surface area (Å²) in [6.45, 7) is 0. The highest BCUT2D eigenvalue weighted by atomic mass is 35.5. The third kappa shape index (κ3) is 3.88. The van der Waals surface area contributed by atoms with Crippen LogP contribution in [-0.4, -0.2) is 27.6 Å². The molecule has 0 unspecified atom stereocenters. The zero-order chi connectivity index (χ0) is 15.5. The molecule has 0 atom stereocenters. The fraction of sp³-hybridized carbons (Fsp3) is 0.467. The molecule has 114 valence electrons. The van der Waals surface area contributed by atoms with Crippen molar-refractivity contribution < 1.29 is 19.8 Å². The Bertz CT molecular complexity index is 553. The standard InChI is InChI=1S/C15H18ClNO4/c16-12-5-4-10(18)8-11(12)14(21)17-15(9-13(19)20)6-2-1-3-7-15/h4-5,8,18H,1-3,6-7,9H2,(H,17,21)(H,19,20). The molecule has 6 heteroatoms. The predicted molar refractivity (Wildman–Crippen MR) is 78.7 cm³/mol. The first-order chi connectivity index (χ1) is 9.92. The van der Waals surface area contributed by atoms with Crippen LogP contribution in [0.3, 0.4) is 0 Å². The molecule has 3 N–H and O–H groups in total. The van der Waals surface area contributed by atoms with Gasteiger partial charge in [-0.25, -0.2) is 0 Å². The Morgan fingerprint density at radius 2 is 1.90 bits per heavy atom. The van der Waals surface area contributed by atoms with Crippen molar-refractivity contribution >= 4 is 23.5 Å². The number of aliphatic carboxylic acids is 1. The van der Waals surface area contributed by atoms with E-state index < -0.39 is 17.4 Å². The monoisotopic (exact) mass is 311 g/mol. The van der Waals surface area contributed by atoms with E-state index in [9.17, 15) is 14.7 Å². The lowest BCUT2D eigenvalue weighted by Crippen LogP contribution is -2.51. The van der Waals surface area contributed by atoms with Crippen molar-refractivity contribution in [1.82, 2.24) is 5.32 Å². The largest absolute Gasteiger partial charge is 0.508 e. The first-order valence-electron chi connectivity index (χ1n) is 6.95. The van der Waals surface area contributed by atoms with Gasteiger partial charge in [-0.15, -0.1) is 0 Å². The van der Waals surface area contributed by atoms with Gasteiger partial charge in [0.25, 0.3) is 5.91 Å². The van der Waals surface area contributed by atoms with Crippen molar-refractivity contribution in [2.45, 2.75) is 44.1 Å². The van der Waals surface area contributed by atoms with E-state index in [2.05, 4.69) is 5.32 Å². The van der Waals surface area contributed by atoms with Crippen LogP contribution in [0, 0.1) is 0 Å². The number of nitrogens with one attached hydrogen (secondary N) is 1. The van der Waals surface area contributed by atoms with Gasteiger partial charge in [0.1, 0.15) is 5.75 Å². The number of carboxylic acid groups (broad SMARTS) is 1. The first kappa shape index (κ1) is 15.6. The Hall–Kier alpha value is -1.75. The molecule has 1 aliphatic rings. The van der Waals surface area contributed by atoms with Crippen LogP contribution < -0.4 is 5.32 Å². The van der Waals surface area contributed by atoms with Gasteiger partial charge in [-0.1, -0.05) is 30.9 Å². The number of carboxylic acids is 1. The highest BCUT2D eigenvalue weighted by molar-refractivity contribution is 6.33. The van der Waals surface area contributed by atoms with Crippen molar-refractivity contribution in [2.75, 3.05) is 0 Å². The second-order valence-corrected chi connectivity index (χ2v) is 5.94. The van der Waals surface area contributed by atoms with Gasteiger partial charge in [-0.3, -0.25) is 9.59 Å². The maximum absolute atomic E-state index is 12.4. The van der Waals surface area contributed by atoms with E-state index in [1.807, 2.05) is 0 Å². The first-order valence-corrected chi connectivity index (χ1v) is 7.32. The number of halogens is 1. The van der Waals surface area contributed by atoms with E-state index in [-0.39, 0.29) is 22.8 Å². The lowest BCUT2D eigenvalue weighted by atomic mass is 9.79. The molecule has 0 aromatic heterocycles. The summed E-state index contributed by atoms with van der Waals surface area (Å²) in [4.78, 5) is 23.5. The number of benzene rings is 1. The Balaban J connectivity index is 2.21. The van der Waals surface area contributed by atoms with Gasteiger partial charge >= 0.3 is 5.97 Å². The SMILES string of the molecule is O=C(O)CC1(NC(=O)c2cc(O)ccc2Cl)CCCCC1. The summed E-state index contributed by atoms with van der Waals surface area (Å²) in [5.41, 5.74) is -0.567. The van der Waals surface area contributed by atoms with E-state index in [1.165, 1.54) is 18.2 Å². The van der Waals surface area contributed by atoms with Gasteiger partial charge in [-0.05, 0) is 31.0 Å². The molecule has 0 aliphatic heterocycles. The van der Waals surface area contributed by atoms with E-state index >= 15 is 0 Å². The highest BCUT2D eigenvalue weighted by Crippen LogP contribution is 2.32. The molecule has 1 aromatic rings. The molecule has 1 fully saturated rings. The fourth-order valence-electron chi connectivity index (χ4n) is 2.86. The number of phenolic OH excluding ortho intramolecular Hbond substituents is 1. The number of hydrogen-bond donors (Lipinski definition) is 3. The van der Waals surface area contributed by atoms with Crippen LogP contribution in [0.5, 0.6) is 5.75 Å². The summed E-state index contributed by atoms with van der Waals surface area (Å²) in [6, 6.07) is 4.12. The van der Waals surface area contributed by atoms with E-state index in [0.29, 0.717) is 12.8 Å². The summed E-state index contributed by atoms with van der Waals surface area (Å²) < 4.78 is 0. The number of carbonyl (C=O) groups excluding carboxylic acids is 1. The normalized spacial score (nSPS) is 17.2. The molecule has 1 aromatic carbocycles. The topological polar surface area (TPSA) is 86.6 Å². The third-order valence-corrected chi connectivity index (χ3v) is 4.20. The lowest BCUT2D eigenvalue weighted by Gasteiger charge is -2.37. The number of rotatable bonds is 4. The van der Waals surface area contributed by atoms with Crippen LogP contribution in [-0.2, 0) is 4.79 Å². The third-order valence-electron chi connectivity index (χ3n) is 3.87. The van der Waals surface area contributed by atoms with Crippen molar-refractivity contribution in [3.8, 4) is 5.75 Å². The lowest BCUT2D eigenvalue weighted by molar-refractivity contribution is -0.139.